The van der Waals surface area contributed by atoms with Crippen molar-refractivity contribution >= 4 is 17.5 Å². The maximum atomic E-state index is 12.0. The van der Waals surface area contributed by atoms with Gasteiger partial charge in [-0.3, -0.25) is 9.59 Å². The molecule has 1 aliphatic rings. The van der Waals surface area contributed by atoms with Gasteiger partial charge < -0.3 is 25.2 Å². The molecule has 1 aromatic rings. The SMILES string of the molecule is CCOc1ccc(NC(=O)C(=O)NCCCN2CCN(C)CC2)c(C)c1. The highest BCUT2D eigenvalue weighted by Gasteiger charge is 2.16. The largest absolute Gasteiger partial charge is 0.494 e. The number of carbonyl (C=O) groups is 2. The molecule has 26 heavy (non-hydrogen) atoms. The molecule has 1 fully saturated rings. The van der Waals surface area contributed by atoms with Gasteiger partial charge in [0.05, 0.1) is 6.61 Å². The minimum Gasteiger partial charge on any atom is -0.494 e. The number of anilines is 1. The highest BCUT2D eigenvalue weighted by atomic mass is 16.5. The number of piperazine rings is 1. The van der Waals surface area contributed by atoms with Gasteiger partial charge in [-0.1, -0.05) is 0 Å². The topological polar surface area (TPSA) is 73.9 Å². The Morgan fingerprint density at radius 1 is 1.15 bits per heavy atom. The van der Waals surface area contributed by atoms with Gasteiger partial charge in [0.25, 0.3) is 0 Å². The van der Waals surface area contributed by atoms with Crippen molar-refractivity contribution in [2.24, 2.45) is 0 Å². The number of rotatable bonds is 7. The fraction of sp³-hybridized carbons (Fsp3) is 0.579. The van der Waals surface area contributed by atoms with Gasteiger partial charge in [-0.25, -0.2) is 0 Å². The number of hydrogen-bond acceptors (Lipinski definition) is 5. The number of benzene rings is 1. The van der Waals surface area contributed by atoms with Crippen LogP contribution < -0.4 is 15.4 Å². The summed E-state index contributed by atoms with van der Waals surface area (Å²) in [5, 5.41) is 5.34. The van der Waals surface area contributed by atoms with Crippen LogP contribution in [0.5, 0.6) is 5.75 Å². The Balaban J connectivity index is 1.70. The number of hydrogen-bond donors (Lipinski definition) is 2. The van der Waals surface area contributed by atoms with E-state index in [9.17, 15) is 9.59 Å². The van der Waals surface area contributed by atoms with E-state index in [1.165, 1.54) is 0 Å². The second kappa shape index (κ2) is 10.1. The molecule has 144 valence electrons. The minimum atomic E-state index is -0.642. The predicted octanol–water partition coefficient (Wildman–Crippen LogP) is 1.09. The number of nitrogens with zero attached hydrogens (tertiary/aromatic N) is 2. The van der Waals surface area contributed by atoms with Crippen molar-refractivity contribution in [1.29, 1.82) is 0 Å². The lowest BCUT2D eigenvalue weighted by atomic mass is 10.2. The molecule has 1 aliphatic heterocycles. The molecule has 0 unspecified atom stereocenters. The lowest BCUT2D eigenvalue weighted by Gasteiger charge is -2.32. The first kappa shape index (κ1) is 20.2. The molecular formula is C19H30N4O3. The Hall–Kier alpha value is -2.12. The van der Waals surface area contributed by atoms with Crippen molar-refractivity contribution in [3.8, 4) is 5.75 Å². The molecule has 1 saturated heterocycles. The van der Waals surface area contributed by atoms with E-state index < -0.39 is 11.8 Å². The van der Waals surface area contributed by atoms with Crippen LogP contribution in [0, 0.1) is 6.92 Å². The van der Waals surface area contributed by atoms with Crippen LogP contribution in [-0.4, -0.2) is 74.5 Å². The first-order chi connectivity index (χ1) is 12.5. The highest BCUT2D eigenvalue weighted by Crippen LogP contribution is 2.21. The van der Waals surface area contributed by atoms with Crippen LogP contribution in [0.25, 0.3) is 0 Å². The normalized spacial score (nSPS) is 15.5. The van der Waals surface area contributed by atoms with E-state index in [1.807, 2.05) is 19.9 Å². The third kappa shape index (κ3) is 6.31. The molecule has 0 aliphatic carbocycles. The number of nitrogens with one attached hydrogen (secondary N) is 2. The number of aryl methyl sites for hydroxylation is 1. The standard InChI is InChI=1S/C19H30N4O3/c1-4-26-16-6-7-17(15(2)14-16)21-19(25)18(24)20-8-5-9-23-12-10-22(3)11-13-23/h6-7,14H,4-5,8-13H2,1-3H3,(H,20,24)(H,21,25). The molecule has 0 saturated carbocycles. The van der Waals surface area contributed by atoms with Crippen LogP contribution in [0.15, 0.2) is 18.2 Å². The summed E-state index contributed by atoms with van der Waals surface area (Å²) in [6.45, 7) is 10.1. The van der Waals surface area contributed by atoms with Crippen LogP contribution >= 0.6 is 0 Å². The predicted molar refractivity (Wildman–Crippen MR) is 103 cm³/mol. The van der Waals surface area contributed by atoms with Gasteiger partial charge in [0.15, 0.2) is 0 Å². The van der Waals surface area contributed by atoms with Gasteiger partial charge in [0.2, 0.25) is 0 Å². The van der Waals surface area contributed by atoms with E-state index in [4.69, 9.17) is 4.74 Å². The van der Waals surface area contributed by atoms with Crippen molar-refractivity contribution in [3.63, 3.8) is 0 Å². The van der Waals surface area contributed by atoms with Gasteiger partial charge in [-0.2, -0.15) is 0 Å². The summed E-state index contributed by atoms with van der Waals surface area (Å²) in [4.78, 5) is 28.7. The Morgan fingerprint density at radius 3 is 2.54 bits per heavy atom. The van der Waals surface area contributed by atoms with Crippen molar-refractivity contribution in [3.05, 3.63) is 23.8 Å². The lowest BCUT2D eigenvalue weighted by molar-refractivity contribution is -0.136. The molecule has 0 atom stereocenters. The molecule has 0 radical (unpaired) electrons. The molecule has 2 rings (SSSR count). The summed E-state index contributed by atoms with van der Waals surface area (Å²) < 4.78 is 5.42. The first-order valence-corrected chi connectivity index (χ1v) is 9.23. The molecule has 7 heteroatoms. The summed E-state index contributed by atoms with van der Waals surface area (Å²) in [5.74, 6) is -0.495. The molecular weight excluding hydrogens is 332 g/mol. The molecule has 7 nitrogen and oxygen atoms in total. The highest BCUT2D eigenvalue weighted by molar-refractivity contribution is 6.39. The number of ether oxygens (including phenoxy) is 1. The molecule has 0 aromatic heterocycles. The molecule has 1 aromatic carbocycles. The van der Waals surface area contributed by atoms with Gasteiger partial charge in [0, 0.05) is 38.4 Å². The Kier molecular flexibility index (Phi) is 7.87. The smallest absolute Gasteiger partial charge is 0.313 e. The van der Waals surface area contributed by atoms with Crippen LogP contribution in [0.1, 0.15) is 18.9 Å². The third-order valence-corrected chi connectivity index (χ3v) is 4.50. The van der Waals surface area contributed by atoms with Gasteiger partial charge in [-0.05, 0) is 57.6 Å². The van der Waals surface area contributed by atoms with Crippen LogP contribution in [0.3, 0.4) is 0 Å². The summed E-state index contributed by atoms with van der Waals surface area (Å²) in [7, 11) is 2.13. The Morgan fingerprint density at radius 2 is 1.88 bits per heavy atom. The van der Waals surface area contributed by atoms with Gasteiger partial charge in [0.1, 0.15) is 5.75 Å². The van der Waals surface area contributed by atoms with Crippen molar-refractivity contribution in [2.75, 3.05) is 58.2 Å². The molecule has 0 spiro atoms. The van der Waals surface area contributed by atoms with Crippen LogP contribution in [0.4, 0.5) is 5.69 Å². The zero-order valence-corrected chi connectivity index (χ0v) is 16.0. The van der Waals surface area contributed by atoms with Gasteiger partial charge >= 0.3 is 11.8 Å². The summed E-state index contributed by atoms with van der Waals surface area (Å²) in [5.41, 5.74) is 1.47. The fourth-order valence-corrected chi connectivity index (χ4v) is 2.87. The summed E-state index contributed by atoms with van der Waals surface area (Å²) >= 11 is 0. The average Bonchev–Trinajstić information content (AvgIpc) is 2.62. The van der Waals surface area contributed by atoms with Crippen LogP contribution in [-0.2, 0) is 9.59 Å². The van der Waals surface area contributed by atoms with Crippen molar-refractivity contribution in [1.82, 2.24) is 15.1 Å². The van der Waals surface area contributed by atoms with E-state index in [2.05, 4.69) is 27.5 Å². The molecule has 2 N–H and O–H groups in total. The third-order valence-electron chi connectivity index (χ3n) is 4.50. The summed E-state index contributed by atoms with van der Waals surface area (Å²) in [6, 6.07) is 5.37. The van der Waals surface area contributed by atoms with E-state index in [0.29, 0.717) is 18.8 Å². The molecule has 2 amide bonds. The summed E-state index contributed by atoms with van der Waals surface area (Å²) in [6.07, 6.45) is 0.838. The number of carbonyl (C=O) groups excluding carboxylic acids is 2. The minimum absolute atomic E-state index is 0.501. The average molecular weight is 362 g/mol. The number of likely N-dealkylation sites (N-methyl/N-ethyl adjacent to an activating group) is 1. The molecule has 0 bridgehead atoms. The maximum absolute atomic E-state index is 12.0. The molecule has 1 heterocycles. The van der Waals surface area contributed by atoms with Crippen LogP contribution in [0.2, 0.25) is 0 Å². The zero-order valence-electron chi connectivity index (χ0n) is 16.0. The second-order valence-electron chi connectivity index (χ2n) is 6.62. The zero-order chi connectivity index (χ0) is 18.9. The quantitative estimate of drug-likeness (QED) is 0.561. The second-order valence-corrected chi connectivity index (χ2v) is 6.62. The maximum Gasteiger partial charge on any atom is 0.313 e. The lowest BCUT2D eigenvalue weighted by Crippen LogP contribution is -2.45. The van der Waals surface area contributed by atoms with E-state index >= 15 is 0 Å². The van der Waals surface area contributed by atoms with Gasteiger partial charge in [-0.15, -0.1) is 0 Å². The van der Waals surface area contributed by atoms with E-state index in [-0.39, 0.29) is 0 Å². The monoisotopic (exact) mass is 362 g/mol. The van der Waals surface area contributed by atoms with E-state index in [0.717, 1.165) is 50.5 Å². The first-order valence-electron chi connectivity index (χ1n) is 9.23. The van der Waals surface area contributed by atoms with Crippen molar-refractivity contribution < 1.29 is 14.3 Å². The fourth-order valence-electron chi connectivity index (χ4n) is 2.87. The number of amides is 2. The van der Waals surface area contributed by atoms with E-state index in [1.54, 1.807) is 12.1 Å². The van der Waals surface area contributed by atoms with Crippen molar-refractivity contribution in [2.45, 2.75) is 20.3 Å². The Labute approximate surface area is 155 Å². The Bertz CT molecular complexity index is 613.